The Morgan fingerprint density at radius 2 is 1.55 bits per heavy atom. The van der Waals surface area contributed by atoms with Gasteiger partial charge in [-0.05, 0) is 69.1 Å². The van der Waals surface area contributed by atoms with E-state index in [1.165, 1.54) is 44.9 Å². The van der Waals surface area contributed by atoms with Crippen molar-refractivity contribution in [2.24, 2.45) is 23.7 Å². The first-order valence-corrected chi connectivity index (χ1v) is 8.54. The largest absolute Gasteiger partial charge is 0.481 e. The Bertz CT molecular complexity index is 307. The first kappa shape index (κ1) is 15.6. The summed E-state index contributed by atoms with van der Waals surface area (Å²) in [4.78, 5) is 11.0. The van der Waals surface area contributed by atoms with Crippen LogP contribution in [0.3, 0.4) is 0 Å². The minimum Gasteiger partial charge on any atom is -0.481 e. The van der Waals surface area contributed by atoms with Crippen molar-refractivity contribution in [3.8, 4) is 0 Å². The van der Waals surface area contributed by atoms with Crippen molar-refractivity contribution < 1.29 is 9.90 Å². The van der Waals surface area contributed by atoms with Crippen LogP contribution < -0.4 is 0 Å². The lowest BCUT2D eigenvalue weighted by atomic mass is 9.68. The summed E-state index contributed by atoms with van der Waals surface area (Å²) in [5.41, 5.74) is 0. The number of aliphatic carboxylic acids is 1. The van der Waals surface area contributed by atoms with E-state index in [1.807, 2.05) is 6.08 Å². The highest BCUT2D eigenvalue weighted by molar-refractivity contribution is 5.69. The second kappa shape index (κ2) is 7.85. The van der Waals surface area contributed by atoms with Gasteiger partial charge in [-0.25, -0.2) is 0 Å². The topological polar surface area (TPSA) is 37.3 Å². The molecular formula is C18H30O2. The minimum atomic E-state index is -0.575. The van der Waals surface area contributed by atoms with E-state index in [4.69, 9.17) is 5.11 Å². The molecule has 2 rings (SSSR count). The van der Waals surface area contributed by atoms with Crippen LogP contribution in [0, 0.1) is 23.7 Å². The summed E-state index contributed by atoms with van der Waals surface area (Å²) < 4.78 is 0. The molecule has 0 aliphatic heterocycles. The molecule has 0 spiro atoms. The van der Waals surface area contributed by atoms with Gasteiger partial charge in [0.15, 0.2) is 0 Å². The maximum Gasteiger partial charge on any atom is 0.306 e. The van der Waals surface area contributed by atoms with E-state index in [9.17, 15) is 4.79 Å². The molecule has 2 aliphatic rings. The number of hydrogen-bond acceptors (Lipinski definition) is 1. The average Bonchev–Trinajstić information content (AvgIpc) is 2.48. The Kier molecular flexibility index (Phi) is 6.12. The van der Waals surface area contributed by atoms with Crippen LogP contribution in [-0.2, 0) is 4.79 Å². The second-order valence-electron chi connectivity index (χ2n) is 6.95. The van der Waals surface area contributed by atoms with E-state index in [0.717, 1.165) is 43.4 Å². The smallest absolute Gasteiger partial charge is 0.306 e. The summed E-state index contributed by atoms with van der Waals surface area (Å²) >= 11 is 0. The number of rotatable bonds is 6. The highest BCUT2D eigenvalue weighted by atomic mass is 16.4. The summed E-state index contributed by atoms with van der Waals surface area (Å²) in [5, 5.41) is 9.07. The van der Waals surface area contributed by atoms with Crippen molar-refractivity contribution in [2.45, 2.75) is 70.6 Å². The molecule has 0 heterocycles. The second-order valence-corrected chi connectivity index (χ2v) is 6.95. The molecule has 0 aromatic carbocycles. The predicted molar refractivity (Wildman–Crippen MR) is 82.6 cm³/mol. The van der Waals surface area contributed by atoms with Crippen LogP contribution in [0.2, 0.25) is 0 Å². The molecule has 114 valence electrons. The number of unbranched alkanes of at least 4 members (excludes halogenated alkanes) is 1. The molecule has 20 heavy (non-hydrogen) atoms. The lowest BCUT2D eigenvalue weighted by Crippen LogP contribution is -2.28. The molecule has 0 unspecified atom stereocenters. The zero-order chi connectivity index (χ0) is 14.4. The molecule has 0 aromatic heterocycles. The van der Waals surface area contributed by atoms with Crippen molar-refractivity contribution in [1.82, 2.24) is 0 Å². The van der Waals surface area contributed by atoms with E-state index in [2.05, 4.69) is 6.58 Å². The fourth-order valence-corrected chi connectivity index (χ4v) is 4.34. The molecule has 0 atom stereocenters. The number of carbonyl (C=O) groups is 1. The van der Waals surface area contributed by atoms with E-state index < -0.39 is 5.97 Å². The van der Waals surface area contributed by atoms with Gasteiger partial charge in [-0.1, -0.05) is 25.3 Å². The van der Waals surface area contributed by atoms with Gasteiger partial charge in [-0.15, -0.1) is 6.58 Å². The fourth-order valence-electron chi connectivity index (χ4n) is 4.34. The van der Waals surface area contributed by atoms with Gasteiger partial charge in [-0.2, -0.15) is 0 Å². The van der Waals surface area contributed by atoms with Gasteiger partial charge in [0, 0.05) is 0 Å². The molecule has 0 aromatic rings. The summed E-state index contributed by atoms with van der Waals surface area (Å²) in [5.74, 6) is 2.03. The van der Waals surface area contributed by atoms with Crippen molar-refractivity contribution >= 4 is 5.97 Å². The van der Waals surface area contributed by atoms with Gasteiger partial charge in [-0.3, -0.25) is 4.79 Å². The lowest BCUT2D eigenvalue weighted by Gasteiger charge is -2.37. The standard InChI is InChI=1S/C18H30O2/c1-2-3-4-5-14-6-8-15(9-7-14)16-10-12-17(13-11-16)18(19)20/h2,14-17H,1,3-13H2,(H,19,20)/t14-,15-,16?,17?. The Morgan fingerprint density at radius 1 is 1.00 bits per heavy atom. The van der Waals surface area contributed by atoms with E-state index in [1.54, 1.807) is 0 Å². The van der Waals surface area contributed by atoms with Gasteiger partial charge in [0.05, 0.1) is 5.92 Å². The predicted octanol–water partition coefficient (Wildman–Crippen LogP) is 5.04. The van der Waals surface area contributed by atoms with E-state index in [0.29, 0.717) is 0 Å². The molecule has 2 fully saturated rings. The monoisotopic (exact) mass is 278 g/mol. The third kappa shape index (κ3) is 4.36. The van der Waals surface area contributed by atoms with Crippen molar-refractivity contribution in [2.75, 3.05) is 0 Å². The number of hydrogen-bond donors (Lipinski definition) is 1. The highest BCUT2D eigenvalue weighted by Crippen LogP contribution is 2.42. The molecule has 0 bridgehead atoms. The zero-order valence-corrected chi connectivity index (χ0v) is 12.7. The van der Waals surface area contributed by atoms with Gasteiger partial charge in [0.25, 0.3) is 0 Å². The number of carboxylic acid groups (broad SMARTS) is 1. The zero-order valence-electron chi connectivity index (χ0n) is 12.7. The quantitative estimate of drug-likeness (QED) is 0.546. The van der Waals surface area contributed by atoms with Gasteiger partial charge < -0.3 is 5.11 Å². The highest BCUT2D eigenvalue weighted by Gasteiger charge is 2.32. The molecule has 0 amide bonds. The Morgan fingerprint density at radius 3 is 2.05 bits per heavy atom. The van der Waals surface area contributed by atoms with E-state index >= 15 is 0 Å². The van der Waals surface area contributed by atoms with Crippen LogP contribution in [0.15, 0.2) is 12.7 Å². The SMILES string of the molecule is C=CCCC[C@H]1CC[C@H](C2CCC(C(=O)O)CC2)CC1. The summed E-state index contributed by atoms with van der Waals surface area (Å²) in [6.07, 6.45) is 15.6. The van der Waals surface area contributed by atoms with Gasteiger partial charge in [0.1, 0.15) is 0 Å². The third-order valence-electron chi connectivity index (χ3n) is 5.70. The molecular weight excluding hydrogens is 248 g/mol. The van der Waals surface area contributed by atoms with Crippen LogP contribution in [0.25, 0.3) is 0 Å². The van der Waals surface area contributed by atoms with Gasteiger partial charge >= 0.3 is 5.97 Å². The number of carboxylic acids is 1. The molecule has 2 saturated carbocycles. The van der Waals surface area contributed by atoms with Crippen LogP contribution in [-0.4, -0.2) is 11.1 Å². The molecule has 0 saturated heterocycles. The average molecular weight is 278 g/mol. The van der Waals surface area contributed by atoms with E-state index in [-0.39, 0.29) is 5.92 Å². The first-order chi connectivity index (χ1) is 9.70. The molecule has 2 heteroatoms. The Balaban J connectivity index is 1.67. The summed E-state index contributed by atoms with van der Waals surface area (Å²) in [7, 11) is 0. The van der Waals surface area contributed by atoms with Crippen LogP contribution in [0.4, 0.5) is 0 Å². The maximum atomic E-state index is 11.0. The van der Waals surface area contributed by atoms with Crippen molar-refractivity contribution in [1.29, 1.82) is 0 Å². The Labute approximate surface area is 123 Å². The normalized spacial score (nSPS) is 34.6. The molecule has 2 aliphatic carbocycles. The van der Waals surface area contributed by atoms with Crippen LogP contribution in [0.1, 0.15) is 70.6 Å². The molecule has 1 N–H and O–H groups in total. The van der Waals surface area contributed by atoms with Crippen LogP contribution in [0.5, 0.6) is 0 Å². The summed E-state index contributed by atoms with van der Waals surface area (Å²) in [6.45, 7) is 3.79. The molecule has 0 radical (unpaired) electrons. The first-order valence-electron chi connectivity index (χ1n) is 8.54. The maximum absolute atomic E-state index is 11.0. The number of allylic oxidation sites excluding steroid dienone is 1. The van der Waals surface area contributed by atoms with Crippen molar-refractivity contribution in [3.05, 3.63) is 12.7 Å². The molecule has 2 nitrogen and oxygen atoms in total. The lowest BCUT2D eigenvalue weighted by molar-refractivity contribution is -0.143. The summed E-state index contributed by atoms with van der Waals surface area (Å²) in [6, 6.07) is 0. The van der Waals surface area contributed by atoms with Gasteiger partial charge in [0.2, 0.25) is 0 Å². The van der Waals surface area contributed by atoms with Crippen LogP contribution >= 0.6 is 0 Å². The third-order valence-corrected chi connectivity index (χ3v) is 5.70. The van der Waals surface area contributed by atoms with Crippen molar-refractivity contribution in [3.63, 3.8) is 0 Å². The Hall–Kier alpha value is -0.790. The fraction of sp³-hybridized carbons (Fsp3) is 0.833. The minimum absolute atomic E-state index is 0.0542.